The molecule has 146 valence electrons. The number of aryl methyl sites for hydroxylation is 2. The van der Waals surface area contributed by atoms with Crippen molar-refractivity contribution in [1.29, 1.82) is 0 Å². The first kappa shape index (κ1) is 19.3. The summed E-state index contributed by atoms with van der Waals surface area (Å²) < 4.78 is 29.5. The van der Waals surface area contributed by atoms with Crippen LogP contribution >= 0.6 is 11.8 Å². The highest BCUT2D eigenvalue weighted by atomic mass is 32.2. The summed E-state index contributed by atoms with van der Waals surface area (Å²) in [6.07, 6.45) is 3.40. The Bertz CT molecular complexity index is 1160. The molecule has 0 unspecified atom stereocenters. The van der Waals surface area contributed by atoms with E-state index in [2.05, 4.69) is 28.2 Å². The Morgan fingerprint density at radius 2 is 1.72 bits per heavy atom. The van der Waals surface area contributed by atoms with Crippen LogP contribution in [-0.2, 0) is 5.75 Å². The molecule has 2 aromatic carbocycles. The Morgan fingerprint density at radius 3 is 2.48 bits per heavy atom. The van der Waals surface area contributed by atoms with Gasteiger partial charge in [0.05, 0.1) is 5.69 Å². The van der Waals surface area contributed by atoms with Crippen LogP contribution < -0.4 is 0 Å². The van der Waals surface area contributed by atoms with Gasteiger partial charge >= 0.3 is 0 Å². The van der Waals surface area contributed by atoms with Gasteiger partial charge in [0, 0.05) is 29.3 Å². The van der Waals surface area contributed by atoms with Gasteiger partial charge in [-0.25, -0.2) is 8.78 Å². The molecule has 0 fully saturated rings. The summed E-state index contributed by atoms with van der Waals surface area (Å²) in [5, 5.41) is 9.29. The molecule has 7 heteroatoms. The fourth-order valence-corrected chi connectivity index (χ4v) is 3.88. The van der Waals surface area contributed by atoms with Crippen LogP contribution in [0.4, 0.5) is 8.78 Å². The predicted molar refractivity (Wildman–Crippen MR) is 110 cm³/mol. The van der Waals surface area contributed by atoms with E-state index >= 15 is 0 Å². The predicted octanol–water partition coefficient (Wildman–Crippen LogP) is 5.52. The first-order chi connectivity index (χ1) is 14.0. The van der Waals surface area contributed by atoms with Gasteiger partial charge in [-0.2, -0.15) is 0 Å². The molecule has 4 aromatic rings. The van der Waals surface area contributed by atoms with E-state index < -0.39 is 11.6 Å². The molecule has 0 amide bonds. The number of rotatable bonds is 5. The van der Waals surface area contributed by atoms with Crippen molar-refractivity contribution in [1.82, 2.24) is 19.7 Å². The van der Waals surface area contributed by atoms with E-state index in [0.717, 1.165) is 22.9 Å². The zero-order valence-corrected chi connectivity index (χ0v) is 16.8. The van der Waals surface area contributed by atoms with Gasteiger partial charge in [-0.05, 0) is 55.3 Å². The van der Waals surface area contributed by atoms with Gasteiger partial charge in [-0.1, -0.05) is 30.0 Å². The first-order valence-corrected chi connectivity index (χ1v) is 10.0. The molecule has 0 radical (unpaired) electrons. The van der Waals surface area contributed by atoms with Gasteiger partial charge in [0.25, 0.3) is 0 Å². The SMILES string of the molecule is Cc1ccc(-n2c(SCc3cccc(F)c3F)nnc2-c2ccncc2)cc1C. The van der Waals surface area contributed by atoms with E-state index in [1.807, 2.05) is 35.8 Å². The lowest BCUT2D eigenvalue weighted by Gasteiger charge is -2.12. The second-order valence-corrected chi connectivity index (χ2v) is 7.59. The first-order valence-electron chi connectivity index (χ1n) is 9.03. The summed E-state index contributed by atoms with van der Waals surface area (Å²) in [7, 11) is 0. The quantitative estimate of drug-likeness (QED) is 0.408. The molecule has 4 rings (SSSR count). The molecular weight excluding hydrogens is 390 g/mol. The summed E-state index contributed by atoms with van der Waals surface area (Å²) in [5.74, 6) is -0.774. The Labute approximate surface area is 171 Å². The largest absolute Gasteiger partial charge is 0.270 e. The lowest BCUT2D eigenvalue weighted by Crippen LogP contribution is -2.01. The molecule has 0 aliphatic carbocycles. The van der Waals surface area contributed by atoms with Gasteiger partial charge in [0.2, 0.25) is 0 Å². The van der Waals surface area contributed by atoms with Crippen LogP contribution in [-0.4, -0.2) is 19.7 Å². The van der Waals surface area contributed by atoms with Gasteiger partial charge in [-0.15, -0.1) is 10.2 Å². The second-order valence-electron chi connectivity index (χ2n) is 6.65. The zero-order chi connectivity index (χ0) is 20.4. The molecule has 0 saturated heterocycles. The van der Waals surface area contributed by atoms with E-state index in [1.165, 1.54) is 23.4 Å². The van der Waals surface area contributed by atoms with Crippen molar-refractivity contribution >= 4 is 11.8 Å². The fourth-order valence-electron chi connectivity index (χ4n) is 2.95. The van der Waals surface area contributed by atoms with Gasteiger partial charge in [0.1, 0.15) is 0 Å². The Kier molecular flexibility index (Phi) is 5.40. The third-order valence-corrected chi connectivity index (χ3v) is 5.69. The topological polar surface area (TPSA) is 43.6 Å². The maximum Gasteiger partial charge on any atom is 0.196 e. The molecule has 0 N–H and O–H groups in total. The van der Waals surface area contributed by atoms with Crippen LogP contribution in [0.2, 0.25) is 0 Å². The monoisotopic (exact) mass is 408 g/mol. The number of aromatic nitrogens is 4. The van der Waals surface area contributed by atoms with Gasteiger partial charge in [0.15, 0.2) is 22.6 Å². The minimum atomic E-state index is -0.851. The number of thioether (sulfide) groups is 1. The number of hydrogen-bond acceptors (Lipinski definition) is 4. The molecule has 0 aliphatic heterocycles. The summed E-state index contributed by atoms with van der Waals surface area (Å²) in [6, 6.07) is 14.0. The zero-order valence-electron chi connectivity index (χ0n) is 15.9. The van der Waals surface area contributed by atoms with Crippen molar-refractivity contribution in [2.45, 2.75) is 24.8 Å². The van der Waals surface area contributed by atoms with E-state index in [4.69, 9.17) is 0 Å². The van der Waals surface area contributed by atoms with E-state index in [9.17, 15) is 8.78 Å². The van der Waals surface area contributed by atoms with E-state index in [-0.39, 0.29) is 11.3 Å². The van der Waals surface area contributed by atoms with Gasteiger partial charge in [-0.3, -0.25) is 9.55 Å². The lowest BCUT2D eigenvalue weighted by atomic mass is 10.1. The van der Waals surface area contributed by atoms with Crippen LogP contribution in [0.3, 0.4) is 0 Å². The van der Waals surface area contributed by atoms with Crippen molar-refractivity contribution in [3.05, 3.63) is 89.2 Å². The number of hydrogen-bond donors (Lipinski definition) is 0. The molecule has 0 bridgehead atoms. The maximum absolute atomic E-state index is 14.1. The van der Waals surface area contributed by atoms with E-state index in [1.54, 1.807) is 18.5 Å². The average molecular weight is 408 g/mol. The van der Waals surface area contributed by atoms with Crippen molar-refractivity contribution in [2.24, 2.45) is 0 Å². The third-order valence-electron chi connectivity index (χ3n) is 4.71. The Morgan fingerprint density at radius 1 is 0.931 bits per heavy atom. The normalized spacial score (nSPS) is 11.0. The Balaban J connectivity index is 1.76. The average Bonchev–Trinajstić information content (AvgIpc) is 3.16. The highest BCUT2D eigenvalue weighted by Crippen LogP contribution is 2.31. The highest BCUT2D eigenvalue weighted by molar-refractivity contribution is 7.98. The minimum Gasteiger partial charge on any atom is -0.270 e. The van der Waals surface area contributed by atoms with Crippen LogP contribution in [0.1, 0.15) is 16.7 Å². The van der Waals surface area contributed by atoms with Crippen molar-refractivity contribution in [3.8, 4) is 17.1 Å². The number of nitrogens with zero attached hydrogens (tertiary/aromatic N) is 4. The van der Waals surface area contributed by atoms with E-state index in [0.29, 0.717) is 11.0 Å². The number of benzene rings is 2. The lowest BCUT2D eigenvalue weighted by molar-refractivity contribution is 0.502. The van der Waals surface area contributed by atoms with Crippen LogP contribution in [0, 0.1) is 25.5 Å². The van der Waals surface area contributed by atoms with Gasteiger partial charge < -0.3 is 0 Å². The maximum atomic E-state index is 14.1. The highest BCUT2D eigenvalue weighted by Gasteiger charge is 2.18. The summed E-state index contributed by atoms with van der Waals surface area (Å²) in [5.41, 5.74) is 4.39. The number of halogens is 2. The summed E-state index contributed by atoms with van der Waals surface area (Å²) >= 11 is 1.31. The molecule has 0 saturated carbocycles. The van der Waals surface area contributed by atoms with Crippen molar-refractivity contribution < 1.29 is 8.78 Å². The molecule has 2 heterocycles. The molecule has 29 heavy (non-hydrogen) atoms. The van der Waals surface area contributed by atoms with Crippen LogP contribution in [0.5, 0.6) is 0 Å². The van der Waals surface area contributed by atoms with Crippen LogP contribution in [0.15, 0.2) is 66.1 Å². The third kappa shape index (κ3) is 3.91. The van der Waals surface area contributed by atoms with Crippen LogP contribution in [0.25, 0.3) is 17.1 Å². The molecule has 2 aromatic heterocycles. The minimum absolute atomic E-state index is 0.239. The number of pyridine rings is 1. The molecular formula is C22H18F2N4S. The summed E-state index contributed by atoms with van der Waals surface area (Å²) in [4.78, 5) is 4.06. The summed E-state index contributed by atoms with van der Waals surface area (Å²) in [6.45, 7) is 4.10. The smallest absolute Gasteiger partial charge is 0.196 e. The molecule has 4 nitrogen and oxygen atoms in total. The Hall–Kier alpha value is -3.06. The molecule has 0 atom stereocenters. The second kappa shape index (κ2) is 8.13. The van der Waals surface area contributed by atoms with Crippen molar-refractivity contribution in [3.63, 3.8) is 0 Å². The molecule has 0 spiro atoms. The fraction of sp³-hybridized carbons (Fsp3) is 0.136. The van der Waals surface area contributed by atoms with Crippen molar-refractivity contribution in [2.75, 3.05) is 0 Å². The standard InChI is InChI=1S/C22H18F2N4S/c1-14-6-7-18(12-15(14)2)28-21(16-8-10-25-11-9-16)26-27-22(28)29-13-17-4-3-5-19(23)20(17)24/h3-12H,13H2,1-2H3. The molecule has 0 aliphatic rings.